The van der Waals surface area contributed by atoms with Crippen molar-refractivity contribution in [3.8, 4) is 0 Å². The molecule has 2 N–H and O–H groups in total. The van der Waals surface area contributed by atoms with E-state index in [1.165, 1.54) is 67.0 Å². The van der Waals surface area contributed by atoms with Crippen molar-refractivity contribution in [1.29, 1.82) is 0 Å². The van der Waals surface area contributed by atoms with E-state index in [1.54, 1.807) is 0 Å². The first kappa shape index (κ1) is 38.3. The lowest BCUT2D eigenvalue weighted by atomic mass is 9.81. The minimum atomic E-state index is 0.298. The van der Waals surface area contributed by atoms with Crippen molar-refractivity contribution in [2.45, 2.75) is 145 Å². The second kappa shape index (κ2) is 16.4. The molecule has 10 saturated heterocycles. The predicted octanol–water partition coefficient (Wildman–Crippen LogP) is 3.79. The van der Waals surface area contributed by atoms with E-state index in [0.717, 1.165) is 163 Å². The number of rotatable bonds is 28. The van der Waals surface area contributed by atoms with E-state index in [2.05, 4.69) is 10.6 Å². The largest absolute Gasteiger partial charge is 0.385 e. The van der Waals surface area contributed by atoms with Gasteiger partial charge < -0.3 is 58.0 Å². The summed E-state index contributed by atoms with van der Waals surface area (Å²) in [5.74, 6) is 0. The maximum atomic E-state index is 5.90. The second-order valence-corrected chi connectivity index (χ2v) is 19.0. The Morgan fingerprint density at radius 3 is 0.610 bits per heavy atom. The number of hydrogen-bond donors (Lipinski definition) is 2. The summed E-state index contributed by atoms with van der Waals surface area (Å²) in [5, 5.41) is 8.16. The molecule has 10 heterocycles. The Balaban J connectivity index is 0.788. The molecule has 320 valence electrons. The highest BCUT2D eigenvalue weighted by molar-refractivity contribution is 5.69. The van der Waals surface area contributed by atoms with Crippen LogP contribution in [0.4, 0.5) is 11.4 Å². The van der Waals surface area contributed by atoms with Crippen LogP contribution in [0.2, 0.25) is 0 Å². The molecule has 10 aliphatic rings. The molecule has 59 heavy (non-hydrogen) atoms. The number of unbranched alkanes of at least 4 members (excludes halogenated alkanes) is 2. The minimum absolute atomic E-state index is 0.298. The van der Waals surface area contributed by atoms with Crippen LogP contribution in [0, 0.1) is 0 Å². The molecular weight excluding hydrogens is 753 g/mol. The zero-order chi connectivity index (χ0) is 38.9. The fraction of sp³-hybridized carbons (Fsp3) is 0.745. The van der Waals surface area contributed by atoms with Crippen molar-refractivity contribution in [2.24, 2.45) is 0 Å². The number of hydrogen-bond acceptors (Lipinski definition) is 12. The third-order valence-corrected chi connectivity index (χ3v) is 13.9. The molecule has 0 aliphatic carbocycles. The van der Waals surface area contributed by atoms with Crippen molar-refractivity contribution in [1.82, 2.24) is 0 Å². The molecule has 10 fully saturated rings. The second-order valence-electron chi connectivity index (χ2n) is 19.0. The van der Waals surface area contributed by atoms with E-state index in [1.807, 2.05) is 0 Å². The van der Waals surface area contributed by atoms with Gasteiger partial charge in [0.2, 0.25) is 0 Å². The Morgan fingerprint density at radius 2 is 0.424 bits per heavy atom. The van der Waals surface area contributed by atoms with Crippen LogP contribution in [0.3, 0.4) is 0 Å². The molecule has 0 saturated carbocycles. The average molecular weight is 815 g/mol. The van der Waals surface area contributed by atoms with Crippen LogP contribution in [0.25, 0.3) is 0 Å². The lowest BCUT2D eigenvalue weighted by Gasteiger charge is -2.28. The van der Waals surface area contributed by atoms with Crippen molar-refractivity contribution in [3.63, 3.8) is 0 Å². The van der Waals surface area contributed by atoms with Gasteiger partial charge in [-0.05, 0) is 74.9 Å². The molecule has 0 spiro atoms. The third-order valence-electron chi connectivity index (χ3n) is 13.9. The maximum absolute atomic E-state index is 5.90. The summed E-state index contributed by atoms with van der Waals surface area (Å²) >= 11 is 0. The van der Waals surface area contributed by atoms with Crippen molar-refractivity contribution in [3.05, 3.63) is 55.6 Å². The fourth-order valence-electron chi connectivity index (χ4n) is 9.86. The van der Waals surface area contributed by atoms with Gasteiger partial charge in [0.1, 0.15) is 0 Å². The van der Waals surface area contributed by atoms with E-state index in [-0.39, 0.29) is 0 Å². The molecule has 0 amide bonds. The molecule has 10 aliphatic heterocycles. The highest BCUT2D eigenvalue weighted by Gasteiger charge is 2.40. The Kier molecular flexibility index (Phi) is 10.7. The zero-order valence-electron chi connectivity index (χ0n) is 34.5. The molecular formula is C47H62N2O10. The highest BCUT2D eigenvalue weighted by Crippen LogP contribution is 2.44. The van der Waals surface area contributed by atoms with E-state index < -0.39 is 0 Å². The first-order valence-corrected chi connectivity index (χ1v) is 23.2. The van der Waals surface area contributed by atoms with Crippen molar-refractivity contribution < 1.29 is 47.4 Å². The Hall–Kier alpha value is -2.36. The van der Waals surface area contributed by atoms with Gasteiger partial charge in [-0.2, -0.15) is 0 Å². The van der Waals surface area contributed by atoms with Crippen LogP contribution in [0.1, 0.15) is 74.9 Å². The smallest absolute Gasteiger partial charge is 0.0851 e. The molecule has 0 bridgehead atoms. The summed E-state index contributed by atoms with van der Waals surface area (Å²) in [6.45, 7) is 10.4. The van der Waals surface area contributed by atoms with Gasteiger partial charge in [0.05, 0.1) is 127 Å². The molecule has 10 atom stereocenters. The first-order chi connectivity index (χ1) is 29.1. The van der Waals surface area contributed by atoms with Gasteiger partial charge in [-0.25, -0.2) is 0 Å². The molecule has 2 aromatic carbocycles. The molecule has 12 rings (SSSR count). The Labute approximate surface area is 347 Å². The summed E-state index contributed by atoms with van der Waals surface area (Å²) in [7, 11) is 0. The zero-order valence-corrected chi connectivity index (χ0v) is 34.5. The Bertz CT molecular complexity index is 1630. The third kappa shape index (κ3) is 10.1. The van der Waals surface area contributed by atoms with Crippen LogP contribution in [0.15, 0.2) is 0 Å². The molecule has 10 unspecified atom stereocenters. The van der Waals surface area contributed by atoms with Gasteiger partial charge in [0.25, 0.3) is 0 Å². The van der Waals surface area contributed by atoms with E-state index in [0.29, 0.717) is 61.0 Å². The molecule has 0 radical (unpaired) electrons. The number of anilines is 2. The van der Waals surface area contributed by atoms with Gasteiger partial charge in [0.15, 0.2) is 0 Å². The summed E-state index contributed by atoms with van der Waals surface area (Å²) in [4.78, 5) is 0. The standard InChI is InChI=1S/C47H62N2O10/c1(2-4-48-46-42(12-32-22-56-32)38(8-28-18-52-28)36(6-26-16-50-26)39(9-29-19-53-29)43(46)13-33-23-57-33)3-5-49-47-44(14-34-24-58-34)40(10-30-20-54-30)37(7-27-17-51-27)41(11-31-21-55-31)45(47)15-35-25-59-35/h26-35,48-49H,1-25H2. The molecule has 12 heteroatoms. The SMILES string of the molecule is C(CCNc1c(CC2CO2)c(CC2CO2)c(CC2CO2)c(CC2CO2)c1CC1CO1)CCNc1c(CC2CO2)c(CC2CO2)c(CC2CO2)c(CC2CO2)c1CC1CO1. The lowest BCUT2D eigenvalue weighted by molar-refractivity contribution is 0.393. The molecule has 12 nitrogen and oxygen atoms in total. The minimum Gasteiger partial charge on any atom is -0.385 e. The molecule has 0 aromatic heterocycles. The number of benzene rings is 2. The van der Waals surface area contributed by atoms with Gasteiger partial charge in [-0.1, -0.05) is 0 Å². The monoisotopic (exact) mass is 814 g/mol. The van der Waals surface area contributed by atoms with E-state index in [4.69, 9.17) is 47.4 Å². The van der Waals surface area contributed by atoms with Crippen LogP contribution < -0.4 is 10.6 Å². The van der Waals surface area contributed by atoms with Gasteiger partial charge in [-0.3, -0.25) is 0 Å². The Morgan fingerprint density at radius 1 is 0.254 bits per heavy atom. The highest BCUT2D eigenvalue weighted by atomic mass is 16.6. The number of epoxide rings is 10. The van der Waals surface area contributed by atoms with Gasteiger partial charge in [-0.15, -0.1) is 0 Å². The lowest BCUT2D eigenvalue weighted by Crippen LogP contribution is -2.21. The van der Waals surface area contributed by atoms with E-state index >= 15 is 0 Å². The van der Waals surface area contributed by atoms with Gasteiger partial charge >= 0.3 is 0 Å². The van der Waals surface area contributed by atoms with Crippen LogP contribution >= 0.6 is 0 Å². The predicted molar refractivity (Wildman–Crippen MR) is 218 cm³/mol. The summed E-state index contributed by atoms with van der Waals surface area (Å²) in [5.41, 5.74) is 17.4. The van der Waals surface area contributed by atoms with Crippen LogP contribution in [-0.4, -0.2) is 140 Å². The summed E-state index contributed by atoms with van der Waals surface area (Å²) < 4.78 is 58.9. The average Bonchev–Trinajstić information content (AvgIpc) is 4.03. The van der Waals surface area contributed by atoms with Gasteiger partial charge in [0, 0.05) is 88.7 Å². The van der Waals surface area contributed by atoms with Crippen LogP contribution in [0.5, 0.6) is 0 Å². The topological polar surface area (TPSA) is 149 Å². The summed E-state index contributed by atoms with van der Waals surface area (Å²) in [6.07, 6.45) is 16.0. The van der Waals surface area contributed by atoms with Crippen molar-refractivity contribution >= 4 is 11.4 Å². The number of nitrogens with one attached hydrogen (secondary N) is 2. The van der Waals surface area contributed by atoms with Crippen LogP contribution in [-0.2, 0) is 112 Å². The molecule has 2 aromatic rings. The maximum Gasteiger partial charge on any atom is 0.0851 e. The fourth-order valence-corrected chi connectivity index (χ4v) is 9.86. The normalized spacial score (nSPS) is 33.4. The first-order valence-electron chi connectivity index (χ1n) is 23.2. The number of ether oxygens (including phenoxy) is 10. The van der Waals surface area contributed by atoms with E-state index in [9.17, 15) is 0 Å². The van der Waals surface area contributed by atoms with Crippen molar-refractivity contribution in [2.75, 3.05) is 89.8 Å². The quantitative estimate of drug-likeness (QED) is 0.0952. The summed E-state index contributed by atoms with van der Waals surface area (Å²) in [6, 6.07) is 0.